The van der Waals surface area contributed by atoms with Crippen molar-refractivity contribution in [3.63, 3.8) is 0 Å². The standard InChI is InChI=1S/C16H23ClN2O2/c1-11(2)7-14(19-5-3-18-4-6-19)12-8-15-16(9-13(12)17)21-10-20-15/h8-9,11,14,18H,3-7,10H2,1-2H3/t14-/m1/s1. The minimum Gasteiger partial charge on any atom is -0.454 e. The Bertz CT molecular complexity index is 501. The first kappa shape index (κ1) is 14.9. The van der Waals surface area contributed by atoms with E-state index in [1.807, 2.05) is 6.07 Å². The van der Waals surface area contributed by atoms with Gasteiger partial charge in [-0.25, -0.2) is 0 Å². The highest BCUT2D eigenvalue weighted by Gasteiger charge is 2.27. The minimum absolute atomic E-state index is 0.289. The highest BCUT2D eigenvalue weighted by Crippen LogP contribution is 2.41. The zero-order valence-electron chi connectivity index (χ0n) is 12.7. The molecule has 1 aromatic carbocycles. The van der Waals surface area contributed by atoms with E-state index in [1.54, 1.807) is 0 Å². The summed E-state index contributed by atoms with van der Waals surface area (Å²) in [5, 5.41) is 4.19. The Morgan fingerprint density at radius 3 is 2.52 bits per heavy atom. The van der Waals surface area contributed by atoms with Gasteiger partial charge in [0.05, 0.1) is 0 Å². The smallest absolute Gasteiger partial charge is 0.231 e. The first-order chi connectivity index (χ1) is 10.1. The quantitative estimate of drug-likeness (QED) is 0.927. The maximum atomic E-state index is 6.53. The summed E-state index contributed by atoms with van der Waals surface area (Å²) in [5.74, 6) is 2.19. The zero-order chi connectivity index (χ0) is 14.8. The first-order valence-corrected chi connectivity index (χ1v) is 8.06. The van der Waals surface area contributed by atoms with E-state index in [0.29, 0.717) is 12.0 Å². The molecule has 1 aromatic rings. The fraction of sp³-hybridized carbons (Fsp3) is 0.625. The molecule has 0 amide bonds. The molecule has 1 saturated heterocycles. The van der Waals surface area contributed by atoms with E-state index in [1.165, 1.54) is 0 Å². The van der Waals surface area contributed by atoms with Gasteiger partial charge in [0.2, 0.25) is 6.79 Å². The molecule has 1 atom stereocenters. The van der Waals surface area contributed by atoms with Crippen LogP contribution in [0.15, 0.2) is 12.1 Å². The van der Waals surface area contributed by atoms with E-state index in [-0.39, 0.29) is 6.79 Å². The minimum atomic E-state index is 0.289. The molecule has 3 rings (SSSR count). The Kier molecular flexibility index (Phi) is 4.57. The van der Waals surface area contributed by atoms with Crippen molar-refractivity contribution in [2.45, 2.75) is 26.3 Å². The molecule has 4 nitrogen and oxygen atoms in total. The molecule has 2 heterocycles. The zero-order valence-corrected chi connectivity index (χ0v) is 13.4. The van der Waals surface area contributed by atoms with Crippen LogP contribution in [-0.2, 0) is 0 Å². The fourth-order valence-corrected chi connectivity index (χ4v) is 3.38. The number of fused-ring (bicyclic) bond motifs is 1. The Morgan fingerprint density at radius 1 is 1.19 bits per heavy atom. The van der Waals surface area contributed by atoms with Gasteiger partial charge < -0.3 is 14.8 Å². The normalized spacial score (nSPS) is 20.0. The van der Waals surface area contributed by atoms with Crippen molar-refractivity contribution in [3.05, 3.63) is 22.7 Å². The predicted octanol–water partition coefficient (Wildman–Crippen LogP) is 3.06. The molecule has 0 spiro atoms. The maximum Gasteiger partial charge on any atom is 0.231 e. The second-order valence-corrected chi connectivity index (χ2v) is 6.57. The number of nitrogens with zero attached hydrogens (tertiary/aromatic N) is 1. The van der Waals surface area contributed by atoms with Crippen LogP contribution in [0.3, 0.4) is 0 Å². The third kappa shape index (κ3) is 3.28. The molecule has 2 aliphatic rings. The molecule has 5 heteroatoms. The van der Waals surface area contributed by atoms with Crippen LogP contribution < -0.4 is 14.8 Å². The molecule has 0 aliphatic carbocycles. The summed E-state index contributed by atoms with van der Waals surface area (Å²) < 4.78 is 10.9. The van der Waals surface area contributed by atoms with Crippen LogP contribution in [0.2, 0.25) is 5.02 Å². The summed E-state index contributed by atoms with van der Waals surface area (Å²) in [6.07, 6.45) is 1.10. The van der Waals surface area contributed by atoms with Gasteiger partial charge in [0.25, 0.3) is 0 Å². The molecule has 0 saturated carbocycles. The number of hydrogen-bond donors (Lipinski definition) is 1. The fourth-order valence-electron chi connectivity index (χ4n) is 3.10. The molecule has 1 fully saturated rings. The molecular formula is C16H23ClN2O2. The first-order valence-electron chi connectivity index (χ1n) is 7.69. The summed E-state index contributed by atoms with van der Waals surface area (Å²) >= 11 is 6.53. The van der Waals surface area contributed by atoms with Gasteiger partial charge in [0.15, 0.2) is 11.5 Å². The lowest BCUT2D eigenvalue weighted by molar-refractivity contribution is 0.153. The van der Waals surface area contributed by atoms with Gasteiger partial charge in [-0.05, 0) is 24.0 Å². The summed E-state index contributed by atoms with van der Waals surface area (Å²) in [7, 11) is 0. The number of halogens is 1. The number of rotatable bonds is 4. The van der Waals surface area contributed by atoms with E-state index >= 15 is 0 Å². The van der Waals surface area contributed by atoms with E-state index < -0.39 is 0 Å². The number of hydrogen-bond acceptors (Lipinski definition) is 4. The van der Waals surface area contributed by atoms with Gasteiger partial charge in [-0.1, -0.05) is 25.4 Å². The SMILES string of the molecule is CC(C)C[C@H](c1cc2c(cc1Cl)OCO2)N1CCNCC1. The summed E-state index contributed by atoms with van der Waals surface area (Å²) in [6.45, 7) is 9.00. The summed E-state index contributed by atoms with van der Waals surface area (Å²) in [6, 6.07) is 4.31. The van der Waals surface area contributed by atoms with Gasteiger partial charge in [0.1, 0.15) is 0 Å². The summed E-state index contributed by atoms with van der Waals surface area (Å²) in [5.41, 5.74) is 1.16. The van der Waals surface area contributed by atoms with Crippen LogP contribution in [0.4, 0.5) is 0 Å². The van der Waals surface area contributed by atoms with Crippen molar-refractivity contribution in [1.82, 2.24) is 10.2 Å². The number of benzene rings is 1. The number of nitrogens with one attached hydrogen (secondary N) is 1. The molecule has 21 heavy (non-hydrogen) atoms. The number of piperazine rings is 1. The third-order valence-electron chi connectivity index (χ3n) is 4.14. The van der Waals surface area contributed by atoms with E-state index in [0.717, 1.165) is 54.7 Å². The van der Waals surface area contributed by atoms with Crippen molar-refractivity contribution < 1.29 is 9.47 Å². The van der Waals surface area contributed by atoms with E-state index in [2.05, 4.69) is 30.1 Å². The van der Waals surface area contributed by atoms with E-state index in [9.17, 15) is 0 Å². The molecule has 1 N–H and O–H groups in total. The lowest BCUT2D eigenvalue weighted by Gasteiger charge is -2.36. The van der Waals surface area contributed by atoms with Crippen molar-refractivity contribution in [3.8, 4) is 11.5 Å². The Hall–Kier alpha value is -0.970. The molecule has 0 bridgehead atoms. The van der Waals surface area contributed by atoms with Gasteiger partial charge >= 0.3 is 0 Å². The average molecular weight is 311 g/mol. The van der Waals surface area contributed by atoms with Crippen LogP contribution in [0.25, 0.3) is 0 Å². The molecular weight excluding hydrogens is 288 g/mol. The molecule has 2 aliphatic heterocycles. The predicted molar refractivity (Wildman–Crippen MR) is 84.2 cm³/mol. The molecule has 0 unspecified atom stereocenters. The van der Waals surface area contributed by atoms with Crippen molar-refractivity contribution in [2.24, 2.45) is 5.92 Å². The topological polar surface area (TPSA) is 33.7 Å². The summed E-state index contributed by atoms with van der Waals surface area (Å²) in [4.78, 5) is 2.53. The van der Waals surface area contributed by atoms with Crippen LogP contribution in [-0.4, -0.2) is 37.9 Å². The van der Waals surface area contributed by atoms with Crippen LogP contribution in [0.5, 0.6) is 11.5 Å². The maximum absolute atomic E-state index is 6.53. The van der Waals surface area contributed by atoms with Crippen LogP contribution >= 0.6 is 11.6 Å². The number of ether oxygens (including phenoxy) is 2. The lowest BCUT2D eigenvalue weighted by atomic mass is 9.94. The van der Waals surface area contributed by atoms with Crippen LogP contribution in [0.1, 0.15) is 31.9 Å². The lowest BCUT2D eigenvalue weighted by Crippen LogP contribution is -2.45. The van der Waals surface area contributed by atoms with Gasteiger partial charge in [-0.3, -0.25) is 4.90 Å². The van der Waals surface area contributed by atoms with Gasteiger partial charge in [-0.2, -0.15) is 0 Å². The third-order valence-corrected chi connectivity index (χ3v) is 4.47. The van der Waals surface area contributed by atoms with Crippen molar-refractivity contribution in [2.75, 3.05) is 33.0 Å². The second-order valence-electron chi connectivity index (χ2n) is 6.16. The largest absolute Gasteiger partial charge is 0.454 e. The Morgan fingerprint density at radius 2 is 1.86 bits per heavy atom. The Labute approximate surface area is 131 Å². The monoisotopic (exact) mass is 310 g/mol. The van der Waals surface area contributed by atoms with Crippen LogP contribution in [0, 0.1) is 5.92 Å². The second kappa shape index (κ2) is 6.42. The van der Waals surface area contributed by atoms with E-state index in [4.69, 9.17) is 21.1 Å². The molecule has 0 aromatic heterocycles. The highest BCUT2D eigenvalue weighted by atomic mass is 35.5. The molecule has 0 radical (unpaired) electrons. The van der Waals surface area contributed by atoms with Crippen molar-refractivity contribution in [1.29, 1.82) is 0 Å². The average Bonchev–Trinajstić information content (AvgIpc) is 2.92. The highest BCUT2D eigenvalue weighted by molar-refractivity contribution is 6.31. The Balaban J connectivity index is 1.91. The van der Waals surface area contributed by atoms with Crippen molar-refractivity contribution >= 4 is 11.6 Å². The van der Waals surface area contributed by atoms with Gasteiger partial charge in [-0.15, -0.1) is 0 Å². The van der Waals surface area contributed by atoms with Gasteiger partial charge in [0, 0.05) is 43.3 Å². The molecule has 116 valence electrons.